The zero-order chi connectivity index (χ0) is 14.1. The third-order valence-electron chi connectivity index (χ3n) is 2.52. The highest BCUT2D eigenvalue weighted by Gasteiger charge is 2.17. The molecule has 0 bridgehead atoms. The lowest BCUT2D eigenvalue weighted by atomic mass is 10.1. The second-order valence-corrected chi connectivity index (χ2v) is 4.19. The number of nitrogens with zero attached hydrogens (tertiary/aromatic N) is 2. The van der Waals surface area contributed by atoms with E-state index in [1.54, 1.807) is 17.9 Å². The molecule has 102 valence electrons. The Kier molecular flexibility index (Phi) is 7.79. The maximum absolute atomic E-state index is 12.2. The molecule has 0 aliphatic heterocycles. The van der Waals surface area contributed by atoms with Crippen LogP contribution in [0.4, 0.5) is 0 Å². The minimum atomic E-state index is -0.190. The highest BCUT2D eigenvalue weighted by Crippen LogP contribution is 2.09. The zero-order valence-corrected chi connectivity index (χ0v) is 11.8. The molecule has 0 heterocycles. The normalized spacial score (nSPS) is 12.7. The fraction of sp³-hybridized carbons (Fsp3) is 0.500. The Bertz CT molecular complexity index is 344. The summed E-state index contributed by atoms with van der Waals surface area (Å²) in [5.41, 5.74) is 0.244. The molecule has 1 N–H and O–H groups in total. The summed E-state index contributed by atoms with van der Waals surface area (Å²) < 4.78 is 0. The highest BCUT2D eigenvalue weighted by molar-refractivity contribution is 5.96. The lowest BCUT2D eigenvalue weighted by Crippen LogP contribution is -2.37. The number of carbonyl (C=O) groups is 1. The van der Waals surface area contributed by atoms with Crippen molar-refractivity contribution in [2.75, 3.05) is 33.7 Å². The number of amides is 1. The molecule has 1 amide bonds. The summed E-state index contributed by atoms with van der Waals surface area (Å²) in [7, 11) is 3.92. The standard InChI is InChI=1S/C14H24N2O2/c1-6-9-13(17)12(7-2)14(18)16(8-3)11-10-15(4)5/h6-7,9,17H,2,8,10-11H2,1,3-5H3/b9-6-,13-12-. The topological polar surface area (TPSA) is 43.8 Å². The summed E-state index contributed by atoms with van der Waals surface area (Å²) in [5.74, 6) is -0.231. The maximum atomic E-state index is 12.2. The minimum absolute atomic E-state index is 0.0409. The van der Waals surface area contributed by atoms with Gasteiger partial charge in [-0.1, -0.05) is 18.7 Å². The van der Waals surface area contributed by atoms with E-state index in [9.17, 15) is 9.90 Å². The first kappa shape index (κ1) is 16.4. The summed E-state index contributed by atoms with van der Waals surface area (Å²) in [6, 6.07) is 0. The van der Waals surface area contributed by atoms with E-state index in [2.05, 4.69) is 6.58 Å². The molecule has 18 heavy (non-hydrogen) atoms. The fourth-order valence-electron chi connectivity index (χ4n) is 1.44. The molecule has 0 saturated heterocycles. The van der Waals surface area contributed by atoms with Crippen molar-refractivity contribution in [1.82, 2.24) is 9.80 Å². The van der Waals surface area contributed by atoms with Crippen LogP contribution in [0.25, 0.3) is 0 Å². The SMILES string of the molecule is C=C/C(C(=O)N(CC)CCN(C)C)=C(O)\C=C/C. The number of rotatable bonds is 7. The van der Waals surface area contributed by atoms with Gasteiger partial charge >= 0.3 is 0 Å². The van der Waals surface area contributed by atoms with Crippen LogP contribution in [0, 0.1) is 0 Å². The van der Waals surface area contributed by atoms with Gasteiger partial charge in [-0.2, -0.15) is 0 Å². The third kappa shape index (κ3) is 5.19. The molecule has 0 rings (SSSR count). The number of hydrogen-bond donors (Lipinski definition) is 1. The van der Waals surface area contributed by atoms with Crippen molar-refractivity contribution in [2.24, 2.45) is 0 Å². The number of likely N-dealkylation sites (N-methyl/N-ethyl adjacent to an activating group) is 2. The van der Waals surface area contributed by atoms with Crippen LogP contribution in [0.3, 0.4) is 0 Å². The molecule has 0 aromatic carbocycles. The molecule has 0 atom stereocenters. The summed E-state index contributed by atoms with van der Waals surface area (Å²) in [5, 5.41) is 9.76. The zero-order valence-electron chi connectivity index (χ0n) is 11.8. The van der Waals surface area contributed by atoms with Crippen molar-refractivity contribution in [2.45, 2.75) is 13.8 Å². The first-order chi connectivity index (χ1) is 8.47. The van der Waals surface area contributed by atoms with Crippen LogP contribution in [0.15, 0.2) is 36.1 Å². The van der Waals surface area contributed by atoms with Crippen LogP contribution in [0.5, 0.6) is 0 Å². The number of aliphatic hydroxyl groups excluding tert-OH is 1. The van der Waals surface area contributed by atoms with Gasteiger partial charge in [0, 0.05) is 19.6 Å². The van der Waals surface area contributed by atoms with E-state index >= 15 is 0 Å². The molecule has 0 unspecified atom stereocenters. The lowest BCUT2D eigenvalue weighted by molar-refractivity contribution is -0.126. The molecular formula is C14H24N2O2. The summed E-state index contributed by atoms with van der Waals surface area (Å²) in [6.45, 7) is 9.31. The van der Waals surface area contributed by atoms with Crippen molar-refractivity contribution >= 4 is 5.91 Å². The smallest absolute Gasteiger partial charge is 0.257 e. The van der Waals surface area contributed by atoms with Gasteiger partial charge < -0.3 is 14.9 Å². The third-order valence-corrected chi connectivity index (χ3v) is 2.52. The summed E-state index contributed by atoms with van der Waals surface area (Å²) in [6.07, 6.45) is 4.58. The van der Waals surface area contributed by atoms with E-state index in [4.69, 9.17) is 0 Å². The van der Waals surface area contributed by atoms with E-state index in [1.807, 2.05) is 25.9 Å². The monoisotopic (exact) mass is 252 g/mol. The van der Waals surface area contributed by atoms with E-state index in [-0.39, 0.29) is 17.2 Å². The molecular weight excluding hydrogens is 228 g/mol. The van der Waals surface area contributed by atoms with Crippen molar-refractivity contribution < 1.29 is 9.90 Å². The molecule has 0 aromatic rings. The van der Waals surface area contributed by atoms with Gasteiger partial charge in [0.1, 0.15) is 5.76 Å². The molecule has 0 saturated carbocycles. The Balaban J connectivity index is 4.95. The van der Waals surface area contributed by atoms with Gasteiger partial charge in [-0.15, -0.1) is 0 Å². The maximum Gasteiger partial charge on any atom is 0.257 e. The number of aliphatic hydroxyl groups is 1. The Morgan fingerprint density at radius 3 is 2.33 bits per heavy atom. The van der Waals surface area contributed by atoms with Crippen LogP contribution in [0.2, 0.25) is 0 Å². The quantitative estimate of drug-likeness (QED) is 0.428. The number of carbonyl (C=O) groups excluding carboxylic acids is 1. The predicted octanol–water partition coefficient (Wildman–Crippen LogP) is 1.97. The Labute approximate surface area is 110 Å². The van der Waals surface area contributed by atoms with E-state index in [0.717, 1.165) is 6.54 Å². The average molecular weight is 252 g/mol. The van der Waals surface area contributed by atoms with Crippen LogP contribution in [-0.2, 0) is 4.79 Å². The van der Waals surface area contributed by atoms with Gasteiger partial charge in [-0.05, 0) is 34.0 Å². The van der Waals surface area contributed by atoms with Crippen LogP contribution >= 0.6 is 0 Å². The van der Waals surface area contributed by atoms with Gasteiger partial charge in [-0.3, -0.25) is 4.79 Å². The van der Waals surface area contributed by atoms with Gasteiger partial charge in [0.15, 0.2) is 0 Å². The van der Waals surface area contributed by atoms with E-state index < -0.39 is 0 Å². The lowest BCUT2D eigenvalue weighted by Gasteiger charge is -2.23. The van der Waals surface area contributed by atoms with E-state index in [1.165, 1.54) is 12.2 Å². The van der Waals surface area contributed by atoms with Crippen molar-refractivity contribution in [1.29, 1.82) is 0 Å². The Morgan fingerprint density at radius 1 is 1.33 bits per heavy atom. The molecule has 0 aliphatic carbocycles. The molecule has 4 nitrogen and oxygen atoms in total. The van der Waals surface area contributed by atoms with Gasteiger partial charge in [0.2, 0.25) is 0 Å². The van der Waals surface area contributed by atoms with E-state index in [0.29, 0.717) is 13.1 Å². The van der Waals surface area contributed by atoms with Crippen molar-refractivity contribution in [3.63, 3.8) is 0 Å². The molecule has 0 aromatic heterocycles. The van der Waals surface area contributed by atoms with Gasteiger partial charge in [0.25, 0.3) is 5.91 Å². The first-order valence-electron chi connectivity index (χ1n) is 6.10. The minimum Gasteiger partial charge on any atom is -0.507 e. The van der Waals surface area contributed by atoms with Crippen molar-refractivity contribution in [3.8, 4) is 0 Å². The summed E-state index contributed by atoms with van der Waals surface area (Å²) >= 11 is 0. The summed E-state index contributed by atoms with van der Waals surface area (Å²) in [4.78, 5) is 15.9. The second-order valence-electron chi connectivity index (χ2n) is 4.19. The second kappa shape index (κ2) is 8.53. The molecule has 0 spiro atoms. The number of allylic oxidation sites excluding steroid dienone is 2. The van der Waals surface area contributed by atoms with Crippen LogP contribution in [0.1, 0.15) is 13.8 Å². The molecule has 0 fully saturated rings. The van der Waals surface area contributed by atoms with Gasteiger partial charge in [-0.25, -0.2) is 0 Å². The van der Waals surface area contributed by atoms with Gasteiger partial charge in [0.05, 0.1) is 5.57 Å². The molecule has 0 aliphatic rings. The fourth-order valence-corrected chi connectivity index (χ4v) is 1.44. The molecule has 4 heteroatoms. The Hall–Kier alpha value is -1.55. The predicted molar refractivity (Wildman–Crippen MR) is 75.5 cm³/mol. The molecule has 0 radical (unpaired) electrons. The first-order valence-corrected chi connectivity index (χ1v) is 6.10. The highest BCUT2D eigenvalue weighted by atomic mass is 16.3. The Morgan fingerprint density at radius 2 is 1.94 bits per heavy atom. The average Bonchev–Trinajstić information content (AvgIpc) is 2.30. The van der Waals surface area contributed by atoms with Crippen LogP contribution < -0.4 is 0 Å². The largest absolute Gasteiger partial charge is 0.507 e. The number of hydrogen-bond acceptors (Lipinski definition) is 3. The van der Waals surface area contributed by atoms with Crippen LogP contribution in [-0.4, -0.2) is 54.5 Å². The van der Waals surface area contributed by atoms with Crippen molar-refractivity contribution in [3.05, 3.63) is 36.1 Å².